The van der Waals surface area contributed by atoms with Crippen molar-refractivity contribution in [3.8, 4) is 0 Å². The summed E-state index contributed by atoms with van der Waals surface area (Å²) >= 11 is 10.7. The van der Waals surface area contributed by atoms with Gasteiger partial charge in [-0.1, -0.05) is 172 Å². The van der Waals surface area contributed by atoms with E-state index in [4.69, 9.17) is 24.8 Å². The van der Waals surface area contributed by atoms with Crippen molar-refractivity contribution in [1.82, 2.24) is 4.90 Å². The maximum atomic E-state index is 5.34. The van der Waals surface area contributed by atoms with Gasteiger partial charge in [0.05, 0.1) is 0 Å². The zero-order valence-corrected chi connectivity index (χ0v) is 26.4. The zero-order chi connectivity index (χ0) is 25.0. The van der Waals surface area contributed by atoms with Crippen molar-refractivity contribution in [1.29, 1.82) is 0 Å². The maximum absolute atomic E-state index is 5.34. The molecule has 0 saturated heterocycles. The molecule has 0 heterocycles. The minimum absolute atomic E-state index is 0. The molecular formula is C31H62CuNS2. The third-order valence-corrected chi connectivity index (χ3v) is 7.84. The molecule has 0 N–H and O–H groups in total. The molecule has 0 rings (SSSR count). The predicted octanol–water partition coefficient (Wildman–Crippen LogP) is 11.3. The van der Waals surface area contributed by atoms with Gasteiger partial charge in [-0.15, -0.1) is 0 Å². The fourth-order valence-corrected chi connectivity index (χ4v) is 5.30. The summed E-state index contributed by atoms with van der Waals surface area (Å²) in [4.78, 5) is 2.29. The number of hydrogen-bond donors (Lipinski definition) is 0. The second-order valence-corrected chi connectivity index (χ2v) is 11.8. The van der Waals surface area contributed by atoms with Gasteiger partial charge >= 0.3 is 17.1 Å². The second-order valence-electron chi connectivity index (χ2n) is 10.7. The molecule has 0 saturated carbocycles. The van der Waals surface area contributed by atoms with Crippen molar-refractivity contribution in [2.45, 2.75) is 181 Å². The third kappa shape index (κ3) is 30.7. The Labute approximate surface area is 244 Å². The van der Waals surface area contributed by atoms with Crippen LogP contribution in [0.3, 0.4) is 0 Å². The summed E-state index contributed by atoms with van der Waals surface area (Å²) in [6.07, 6.45) is 36.6. The van der Waals surface area contributed by atoms with E-state index in [2.05, 4.69) is 18.7 Å². The van der Waals surface area contributed by atoms with Crippen molar-refractivity contribution in [2.75, 3.05) is 13.1 Å². The molecular weight excluding hydrogens is 514 g/mol. The van der Waals surface area contributed by atoms with E-state index in [-0.39, 0.29) is 17.1 Å². The van der Waals surface area contributed by atoms with Crippen LogP contribution in [0.15, 0.2) is 0 Å². The molecule has 214 valence electrons. The fourth-order valence-electron chi connectivity index (χ4n) is 4.94. The summed E-state index contributed by atoms with van der Waals surface area (Å²) < 4.78 is 0.692. The Morgan fingerprint density at radius 2 is 0.629 bits per heavy atom. The maximum Gasteiger partial charge on any atom is 1.00 e. The van der Waals surface area contributed by atoms with Crippen LogP contribution < -0.4 is 0 Å². The smallest absolute Gasteiger partial charge is 0.411 e. The number of thiocarbonyl (C=S) groups is 1. The van der Waals surface area contributed by atoms with E-state index in [9.17, 15) is 0 Å². The molecule has 0 fully saturated rings. The zero-order valence-electron chi connectivity index (χ0n) is 23.9. The summed E-state index contributed by atoms with van der Waals surface area (Å²) in [6.45, 7) is 6.75. The van der Waals surface area contributed by atoms with Crippen LogP contribution in [-0.2, 0) is 29.7 Å². The van der Waals surface area contributed by atoms with E-state index >= 15 is 0 Å². The van der Waals surface area contributed by atoms with E-state index in [1.165, 1.54) is 167 Å². The molecule has 0 bridgehead atoms. The predicted molar refractivity (Wildman–Crippen MR) is 163 cm³/mol. The Balaban J connectivity index is 0. The topological polar surface area (TPSA) is 3.24 Å². The van der Waals surface area contributed by atoms with Crippen LogP contribution in [0, 0.1) is 0 Å². The van der Waals surface area contributed by atoms with Crippen molar-refractivity contribution in [3.05, 3.63) is 0 Å². The molecule has 0 aromatic carbocycles. The summed E-state index contributed by atoms with van der Waals surface area (Å²) in [7, 11) is 0. The number of unbranched alkanes of at least 4 members (excludes halogenated alkanes) is 24. The van der Waals surface area contributed by atoms with Crippen molar-refractivity contribution in [2.24, 2.45) is 0 Å². The molecule has 0 atom stereocenters. The van der Waals surface area contributed by atoms with E-state index < -0.39 is 0 Å². The largest absolute Gasteiger partial charge is 1.00 e. The molecule has 4 heteroatoms. The first kappa shape index (κ1) is 37.8. The van der Waals surface area contributed by atoms with E-state index in [0.717, 1.165) is 13.1 Å². The minimum Gasteiger partial charge on any atom is -0.411 e. The first-order valence-corrected chi connectivity index (χ1v) is 16.5. The molecule has 0 aromatic rings. The monoisotopic (exact) mass is 575 g/mol. The van der Waals surface area contributed by atoms with Crippen LogP contribution in [0.2, 0.25) is 0 Å². The molecule has 0 unspecified atom stereocenters. The first-order chi connectivity index (χ1) is 16.7. The number of hydrogen-bond acceptors (Lipinski definition) is 2. The van der Waals surface area contributed by atoms with Gasteiger partial charge in [0.25, 0.3) is 0 Å². The average molecular weight is 577 g/mol. The SMILES string of the molecule is CCCCCCCCCCCCCCCN(CCCCCCCCCCCCCCC)C(=S)[S-].[Cu+]. The Kier molecular flexibility index (Phi) is 35.3. The minimum atomic E-state index is 0. The molecule has 0 aliphatic rings. The summed E-state index contributed by atoms with van der Waals surface area (Å²) in [5.41, 5.74) is 0. The average Bonchev–Trinajstić information content (AvgIpc) is 2.83. The van der Waals surface area contributed by atoms with E-state index in [1.807, 2.05) is 0 Å². The van der Waals surface area contributed by atoms with E-state index in [1.54, 1.807) is 0 Å². The normalized spacial score (nSPS) is 10.9. The summed E-state index contributed by atoms with van der Waals surface area (Å²) in [5, 5.41) is 0. The molecule has 0 aliphatic heterocycles. The molecule has 0 radical (unpaired) electrons. The number of nitrogens with zero attached hydrogens (tertiary/aromatic N) is 1. The van der Waals surface area contributed by atoms with Crippen LogP contribution in [0.4, 0.5) is 0 Å². The van der Waals surface area contributed by atoms with Gasteiger partial charge in [0.1, 0.15) is 0 Å². The third-order valence-electron chi connectivity index (χ3n) is 7.32. The van der Waals surface area contributed by atoms with Crippen molar-refractivity contribution in [3.63, 3.8) is 0 Å². The first-order valence-electron chi connectivity index (χ1n) is 15.7. The molecule has 0 amide bonds. The molecule has 0 spiro atoms. The van der Waals surface area contributed by atoms with Crippen molar-refractivity contribution >= 4 is 29.2 Å². The van der Waals surface area contributed by atoms with E-state index in [0.29, 0.717) is 4.32 Å². The number of rotatable bonds is 28. The van der Waals surface area contributed by atoms with Gasteiger partial charge in [0.2, 0.25) is 0 Å². The van der Waals surface area contributed by atoms with Gasteiger partial charge in [0.15, 0.2) is 0 Å². The van der Waals surface area contributed by atoms with Crippen LogP contribution >= 0.6 is 12.2 Å². The van der Waals surface area contributed by atoms with Crippen LogP contribution in [-0.4, -0.2) is 22.3 Å². The Morgan fingerprint density at radius 3 is 0.829 bits per heavy atom. The summed E-state index contributed by atoms with van der Waals surface area (Å²) in [6, 6.07) is 0. The van der Waals surface area contributed by atoms with Crippen LogP contribution in [0.25, 0.3) is 0 Å². The van der Waals surface area contributed by atoms with Gasteiger partial charge in [-0.25, -0.2) is 0 Å². The van der Waals surface area contributed by atoms with Gasteiger partial charge < -0.3 is 29.7 Å². The summed E-state index contributed by atoms with van der Waals surface area (Å²) in [5.74, 6) is 0. The van der Waals surface area contributed by atoms with Gasteiger partial charge in [-0.3, -0.25) is 0 Å². The second kappa shape index (κ2) is 32.7. The van der Waals surface area contributed by atoms with Gasteiger partial charge in [-0.05, 0) is 12.8 Å². The standard InChI is InChI=1S/C31H63NS2.Cu/c1-3-5-7-9-11-13-15-17-19-21-23-25-27-29-32(31(33)34)30-28-26-24-22-20-18-16-14-12-10-8-6-4-2;/h3-30H2,1-2H3,(H,33,34);/q;+1/p-1. The van der Waals surface area contributed by atoms with Crippen LogP contribution in [0.5, 0.6) is 0 Å². The van der Waals surface area contributed by atoms with Crippen LogP contribution in [0.1, 0.15) is 181 Å². The molecule has 0 aliphatic carbocycles. The molecule has 1 nitrogen and oxygen atoms in total. The Bertz CT molecular complexity index is 375. The molecule has 0 aromatic heterocycles. The van der Waals surface area contributed by atoms with Crippen molar-refractivity contribution < 1.29 is 17.1 Å². The van der Waals surface area contributed by atoms with Gasteiger partial charge in [0, 0.05) is 13.1 Å². The fraction of sp³-hybridized carbons (Fsp3) is 0.968. The van der Waals surface area contributed by atoms with Gasteiger partial charge in [-0.2, -0.15) is 0 Å². The quantitative estimate of drug-likeness (QED) is 0.0395. The molecule has 35 heavy (non-hydrogen) atoms. The Hall–Kier alpha value is 0.629. The Morgan fingerprint density at radius 1 is 0.429 bits per heavy atom.